The van der Waals surface area contributed by atoms with E-state index in [1.807, 2.05) is 4.72 Å². The molecule has 1 amide bonds. The Bertz CT molecular complexity index is 830. The van der Waals surface area contributed by atoms with Gasteiger partial charge in [-0.05, 0) is 59.3 Å². The van der Waals surface area contributed by atoms with Crippen LogP contribution >= 0.6 is 10.7 Å². The summed E-state index contributed by atoms with van der Waals surface area (Å²) in [5, 5.41) is 3.89. The second-order valence-electron chi connectivity index (χ2n) is 7.81. The van der Waals surface area contributed by atoms with Crippen molar-refractivity contribution in [3.8, 4) is 0 Å². The van der Waals surface area contributed by atoms with Crippen molar-refractivity contribution in [3.05, 3.63) is 0 Å². The summed E-state index contributed by atoms with van der Waals surface area (Å²) in [6.07, 6.45) is 3.38. The fourth-order valence-electron chi connectivity index (χ4n) is 1.62. The molecule has 3 rings (SSSR count). The third kappa shape index (κ3) is 13.3. The summed E-state index contributed by atoms with van der Waals surface area (Å²) >= 11 is 0. The molecule has 0 radical (unpaired) electrons. The highest BCUT2D eigenvalue weighted by Crippen LogP contribution is 2.30. The van der Waals surface area contributed by atoms with Gasteiger partial charge in [0, 0.05) is 10.7 Å². The quantitative estimate of drug-likeness (QED) is 0.476. The highest BCUT2D eigenvalue weighted by molar-refractivity contribution is 8.14. The summed E-state index contributed by atoms with van der Waals surface area (Å²) < 4.78 is 69.9. The average Bonchev–Trinajstić information content (AvgIpc) is 3.36. The molecule has 6 N–H and O–H groups in total. The lowest BCUT2D eigenvalue weighted by Crippen LogP contribution is -2.37. The number of hydrogen-bond acceptors (Lipinski definition) is 9. The standard InChI is InChI=1S/C8H15NO4S.C3H5ClO2S.C3H7NO2S.H3N/c1-8(2,3)13-7(10)9-14(11,12)6-4-5-6;2*4-7(5,6)3-1-2-3;/h6H,4-5H2,1-3H3,(H,9,10);3H,1-2H2;3H,1-2H2,(H2,4,5,6);1H3. The summed E-state index contributed by atoms with van der Waals surface area (Å²) in [4.78, 5) is 11.1. The van der Waals surface area contributed by atoms with E-state index in [-0.39, 0.29) is 16.7 Å². The van der Waals surface area contributed by atoms with Gasteiger partial charge >= 0.3 is 6.09 Å². The molecule has 3 saturated carbocycles. The number of carbonyl (C=O) groups excluding carboxylic acids is 1. The molecule has 0 saturated heterocycles. The Labute approximate surface area is 177 Å². The number of primary sulfonamides is 1. The summed E-state index contributed by atoms with van der Waals surface area (Å²) in [7, 11) is -4.87. The van der Waals surface area contributed by atoms with E-state index in [0.717, 1.165) is 25.7 Å². The minimum atomic E-state index is -3.48. The molecular weight excluding hydrogens is 470 g/mol. The number of halogens is 1. The van der Waals surface area contributed by atoms with Gasteiger partial charge in [-0.3, -0.25) is 0 Å². The SMILES string of the molecule is CC(C)(C)OC(=O)NS(=O)(=O)C1CC1.N.NS(=O)(=O)C1CC1.O=S(=O)(Cl)C1CC1. The van der Waals surface area contributed by atoms with E-state index >= 15 is 0 Å². The van der Waals surface area contributed by atoms with E-state index in [1.165, 1.54) is 0 Å². The van der Waals surface area contributed by atoms with Crippen LogP contribution in [0, 0.1) is 0 Å². The lowest BCUT2D eigenvalue weighted by atomic mass is 10.2. The summed E-state index contributed by atoms with van der Waals surface area (Å²) in [5.41, 5.74) is -0.677. The number of ether oxygens (including phenoxy) is 1. The molecule has 0 aromatic heterocycles. The van der Waals surface area contributed by atoms with E-state index in [2.05, 4.69) is 0 Å². The Hall–Kier alpha value is -0.670. The van der Waals surface area contributed by atoms with E-state index in [1.54, 1.807) is 20.8 Å². The van der Waals surface area contributed by atoms with Crippen molar-refractivity contribution < 1.29 is 34.8 Å². The molecule has 11 nitrogen and oxygen atoms in total. The molecule has 174 valence electrons. The predicted molar refractivity (Wildman–Crippen MR) is 110 cm³/mol. The van der Waals surface area contributed by atoms with Gasteiger partial charge in [-0.15, -0.1) is 0 Å². The number of hydrogen-bond donors (Lipinski definition) is 3. The number of carbonyl (C=O) groups is 1. The summed E-state index contributed by atoms with van der Waals surface area (Å²) in [6, 6.07) is 0. The highest BCUT2D eigenvalue weighted by Gasteiger charge is 2.37. The molecule has 0 heterocycles. The molecule has 15 heteroatoms. The van der Waals surface area contributed by atoms with Gasteiger partial charge in [0.05, 0.1) is 15.7 Å². The van der Waals surface area contributed by atoms with Gasteiger partial charge in [0.15, 0.2) is 0 Å². The molecule has 3 fully saturated rings. The Morgan fingerprint density at radius 1 is 0.897 bits per heavy atom. The molecule has 0 spiro atoms. The highest BCUT2D eigenvalue weighted by atomic mass is 35.7. The summed E-state index contributed by atoms with van der Waals surface area (Å²) in [6.45, 7) is 5.03. The van der Waals surface area contributed by atoms with Gasteiger partial charge in [-0.25, -0.2) is 39.9 Å². The second kappa shape index (κ2) is 10.1. The van der Waals surface area contributed by atoms with Crippen molar-refractivity contribution >= 4 is 45.9 Å². The molecule has 0 aromatic carbocycles. The maximum atomic E-state index is 11.3. The third-order valence-electron chi connectivity index (χ3n) is 3.50. The van der Waals surface area contributed by atoms with Crippen molar-refractivity contribution in [1.29, 1.82) is 0 Å². The van der Waals surface area contributed by atoms with Gasteiger partial charge in [-0.1, -0.05) is 0 Å². The molecule has 0 bridgehead atoms. The van der Waals surface area contributed by atoms with Crippen LogP contribution in [0.4, 0.5) is 4.79 Å². The Kier molecular flexibility index (Phi) is 9.86. The number of nitrogens with two attached hydrogens (primary N) is 1. The zero-order valence-corrected chi connectivity index (χ0v) is 19.8. The number of nitrogens with one attached hydrogen (secondary N) is 1. The third-order valence-corrected chi connectivity index (χ3v) is 8.72. The second-order valence-corrected chi connectivity index (χ2v) is 14.5. The molecule has 3 aliphatic carbocycles. The maximum Gasteiger partial charge on any atom is 0.421 e. The first-order valence-electron chi connectivity index (χ1n) is 8.61. The maximum absolute atomic E-state index is 11.3. The zero-order valence-electron chi connectivity index (χ0n) is 16.6. The van der Waals surface area contributed by atoms with Crippen LogP contribution in [0.2, 0.25) is 0 Å². The van der Waals surface area contributed by atoms with Crippen molar-refractivity contribution in [2.75, 3.05) is 0 Å². The number of sulfonamides is 2. The molecule has 0 aromatic rings. The molecule has 29 heavy (non-hydrogen) atoms. The Morgan fingerprint density at radius 2 is 1.28 bits per heavy atom. The number of rotatable bonds is 4. The molecular formula is C14H30ClN3O8S3. The van der Waals surface area contributed by atoms with Crippen LogP contribution < -0.4 is 16.0 Å². The first kappa shape index (κ1) is 28.3. The van der Waals surface area contributed by atoms with Crippen LogP contribution in [-0.4, -0.2) is 52.7 Å². The topological polar surface area (TPSA) is 202 Å². The van der Waals surface area contributed by atoms with Crippen LogP contribution in [0.5, 0.6) is 0 Å². The predicted octanol–water partition coefficient (Wildman–Crippen LogP) is 1.32. The van der Waals surface area contributed by atoms with Crippen molar-refractivity contribution in [2.24, 2.45) is 5.14 Å². The van der Waals surface area contributed by atoms with E-state index in [0.29, 0.717) is 12.8 Å². The Morgan fingerprint density at radius 3 is 1.45 bits per heavy atom. The molecule has 0 atom stereocenters. The molecule has 0 unspecified atom stereocenters. The first-order valence-corrected chi connectivity index (χ1v) is 14.1. The first-order chi connectivity index (χ1) is 12.4. The van der Waals surface area contributed by atoms with E-state index < -0.39 is 46.0 Å². The van der Waals surface area contributed by atoms with Crippen LogP contribution in [0.15, 0.2) is 0 Å². The van der Waals surface area contributed by atoms with Crippen molar-refractivity contribution in [1.82, 2.24) is 10.9 Å². The Balaban J connectivity index is 0.000000440. The van der Waals surface area contributed by atoms with Crippen LogP contribution in [0.3, 0.4) is 0 Å². The normalized spacial score (nSPS) is 19.3. The minimum absolute atomic E-state index is 0. The molecule has 3 aliphatic rings. The van der Waals surface area contributed by atoms with Gasteiger partial charge < -0.3 is 10.9 Å². The van der Waals surface area contributed by atoms with Crippen LogP contribution in [-0.2, 0) is 33.8 Å². The monoisotopic (exact) mass is 499 g/mol. The van der Waals surface area contributed by atoms with Gasteiger partial charge in [0.1, 0.15) is 5.60 Å². The minimum Gasteiger partial charge on any atom is -0.443 e. The largest absolute Gasteiger partial charge is 0.443 e. The van der Waals surface area contributed by atoms with E-state index in [9.17, 15) is 30.0 Å². The lowest BCUT2D eigenvalue weighted by Gasteiger charge is -2.19. The van der Waals surface area contributed by atoms with E-state index in [4.69, 9.17) is 20.6 Å². The van der Waals surface area contributed by atoms with Gasteiger partial charge in [0.2, 0.25) is 29.1 Å². The smallest absolute Gasteiger partial charge is 0.421 e. The lowest BCUT2D eigenvalue weighted by molar-refractivity contribution is 0.0570. The van der Waals surface area contributed by atoms with Crippen molar-refractivity contribution in [3.63, 3.8) is 0 Å². The molecule has 0 aliphatic heterocycles. The van der Waals surface area contributed by atoms with Gasteiger partial charge in [0.25, 0.3) is 0 Å². The fourth-order valence-corrected chi connectivity index (χ4v) is 4.85. The summed E-state index contributed by atoms with van der Waals surface area (Å²) in [5.74, 6) is 0. The number of amides is 1. The van der Waals surface area contributed by atoms with Gasteiger partial charge in [-0.2, -0.15) is 0 Å². The van der Waals surface area contributed by atoms with Crippen LogP contribution in [0.1, 0.15) is 59.3 Å². The van der Waals surface area contributed by atoms with Crippen molar-refractivity contribution in [2.45, 2.75) is 80.6 Å². The zero-order chi connectivity index (χ0) is 22.0. The fraction of sp³-hybridized carbons (Fsp3) is 0.929. The average molecular weight is 500 g/mol. The van der Waals surface area contributed by atoms with Crippen LogP contribution in [0.25, 0.3) is 0 Å².